The zero-order chi connectivity index (χ0) is 13.8. The molecule has 0 unspecified atom stereocenters. The molecule has 1 N–H and O–H groups in total. The van der Waals surface area contributed by atoms with Crippen LogP contribution < -0.4 is 4.74 Å². The second-order valence-electron chi connectivity index (χ2n) is 4.55. The van der Waals surface area contributed by atoms with Crippen LogP contribution >= 0.6 is 0 Å². The molecule has 0 bridgehead atoms. The molecule has 0 fully saturated rings. The average molecular weight is 256 g/mol. The van der Waals surface area contributed by atoms with E-state index in [1.165, 1.54) is 11.1 Å². The lowest BCUT2D eigenvalue weighted by Crippen LogP contribution is -1.99. The first-order valence-corrected chi connectivity index (χ1v) is 6.08. The molecule has 0 heterocycles. The van der Waals surface area contributed by atoms with Gasteiger partial charge < -0.3 is 9.84 Å². The summed E-state index contributed by atoms with van der Waals surface area (Å²) in [6, 6.07) is 12.7. The van der Waals surface area contributed by atoms with E-state index < -0.39 is 5.97 Å². The lowest BCUT2D eigenvalue weighted by molar-refractivity contribution is 0.0697. The van der Waals surface area contributed by atoms with Gasteiger partial charge in [0.2, 0.25) is 0 Å². The first kappa shape index (κ1) is 13.1. The minimum absolute atomic E-state index is 0.263. The van der Waals surface area contributed by atoms with E-state index >= 15 is 0 Å². The van der Waals surface area contributed by atoms with E-state index in [4.69, 9.17) is 9.84 Å². The van der Waals surface area contributed by atoms with Crippen molar-refractivity contribution in [2.45, 2.75) is 20.5 Å². The largest absolute Gasteiger partial charge is 0.489 e. The van der Waals surface area contributed by atoms with E-state index in [2.05, 4.69) is 18.2 Å². The van der Waals surface area contributed by atoms with Crippen molar-refractivity contribution in [2.75, 3.05) is 0 Å². The maximum Gasteiger partial charge on any atom is 0.335 e. The van der Waals surface area contributed by atoms with Crippen LogP contribution in [-0.2, 0) is 6.61 Å². The topological polar surface area (TPSA) is 46.5 Å². The van der Waals surface area contributed by atoms with Crippen molar-refractivity contribution in [1.29, 1.82) is 0 Å². The summed E-state index contributed by atoms with van der Waals surface area (Å²) >= 11 is 0. The molecule has 0 aromatic heterocycles. The second-order valence-corrected chi connectivity index (χ2v) is 4.55. The molecular weight excluding hydrogens is 240 g/mol. The van der Waals surface area contributed by atoms with Gasteiger partial charge in [0.15, 0.2) is 0 Å². The molecule has 0 saturated carbocycles. The third-order valence-corrected chi connectivity index (χ3v) is 3.00. The van der Waals surface area contributed by atoms with E-state index in [0.29, 0.717) is 12.4 Å². The molecule has 2 aromatic carbocycles. The summed E-state index contributed by atoms with van der Waals surface area (Å²) in [5.41, 5.74) is 3.79. The standard InChI is InChI=1S/C16H16O3/c1-11-3-4-12(2)14(9-11)10-19-15-7-5-13(6-8-15)16(17)18/h3-9H,10H2,1-2H3,(H,17,18). The number of carboxylic acid groups (broad SMARTS) is 1. The van der Waals surface area contributed by atoms with Crippen molar-refractivity contribution < 1.29 is 14.6 Å². The number of hydrogen-bond donors (Lipinski definition) is 1. The minimum atomic E-state index is -0.930. The molecule has 0 radical (unpaired) electrons. The van der Waals surface area contributed by atoms with Crippen molar-refractivity contribution in [2.24, 2.45) is 0 Å². The molecule has 0 saturated heterocycles. The van der Waals surface area contributed by atoms with Crippen LogP contribution in [0, 0.1) is 13.8 Å². The van der Waals surface area contributed by atoms with Gasteiger partial charge in [0, 0.05) is 0 Å². The first-order valence-electron chi connectivity index (χ1n) is 6.08. The lowest BCUT2D eigenvalue weighted by atomic mass is 10.1. The van der Waals surface area contributed by atoms with Gasteiger partial charge in [-0.05, 0) is 49.2 Å². The predicted molar refractivity (Wildman–Crippen MR) is 73.6 cm³/mol. The Morgan fingerprint density at radius 1 is 1.11 bits per heavy atom. The van der Waals surface area contributed by atoms with E-state index in [0.717, 1.165) is 5.56 Å². The molecule has 0 aliphatic heterocycles. The molecule has 3 nitrogen and oxygen atoms in total. The third-order valence-electron chi connectivity index (χ3n) is 3.00. The molecule has 0 aliphatic rings. The molecule has 98 valence electrons. The molecule has 0 aliphatic carbocycles. The fourth-order valence-corrected chi connectivity index (χ4v) is 1.81. The normalized spacial score (nSPS) is 10.2. The SMILES string of the molecule is Cc1ccc(C)c(COc2ccc(C(=O)O)cc2)c1. The van der Waals surface area contributed by atoms with E-state index in [1.807, 2.05) is 13.8 Å². The Balaban J connectivity index is 2.06. The molecule has 3 heteroatoms. The summed E-state index contributed by atoms with van der Waals surface area (Å²) in [5.74, 6) is -0.257. The smallest absolute Gasteiger partial charge is 0.335 e. The first-order chi connectivity index (χ1) is 9.06. The van der Waals surface area contributed by atoms with Crippen LogP contribution in [0.1, 0.15) is 27.0 Å². The van der Waals surface area contributed by atoms with Crippen LogP contribution in [0.4, 0.5) is 0 Å². The number of benzene rings is 2. The van der Waals surface area contributed by atoms with Gasteiger partial charge in [0.05, 0.1) is 5.56 Å². The number of ether oxygens (including phenoxy) is 1. The average Bonchev–Trinajstić information content (AvgIpc) is 2.40. The van der Waals surface area contributed by atoms with Gasteiger partial charge >= 0.3 is 5.97 Å². The Kier molecular flexibility index (Phi) is 3.85. The van der Waals surface area contributed by atoms with Crippen molar-refractivity contribution in [3.63, 3.8) is 0 Å². The Morgan fingerprint density at radius 2 is 1.79 bits per heavy atom. The van der Waals surface area contributed by atoms with Crippen LogP contribution in [0.25, 0.3) is 0 Å². The zero-order valence-electron chi connectivity index (χ0n) is 11.0. The Labute approximate surface area is 112 Å². The van der Waals surface area contributed by atoms with Gasteiger partial charge in [-0.1, -0.05) is 23.8 Å². The van der Waals surface area contributed by atoms with Crippen molar-refractivity contribution in [3.05, 3.63) is 64.7 Å². The van der Waals surface area contributed by atoms with Gasteiger partial charge in [-0.25, -0.2) is 4.79 Å². The molecule has 2 rings (SSSR count). The number of aryl methyl sites for hydroxylation is 2. The van der Waals surface area contributed by atoms with Gasteiger partial charge in [0.25, 0.3) is 0 Å². The quantitative estimate of drug-likeness (QED) is 0.909. The minimum Gasteiger partial charge on any atom is -0.489 e. The lowest BCUT2D eigenvalue weighted by Gasteiger charge is -2.09. The maximum atomic E-state index is 10.7. The van der Waals surface area contributed by atoms with E-state index in [-0.39, 0.29) is 5.56 Å². The van der Waals surface area contributed by atoms with Crippen LogP contribution in [-0.4, -0.2) is 11.1 Å². The van der Waals surface area contributed by atoms with Gasteiger partial charge in [-0.2, -0.15) is 0 Å². The number of aromatic carboxylic acids is 1. The highest BCUT2D eigenvalue weighted by molar-refractivity contribution is 5.87. The van der Waals surface area contributed by atoms with Gasteiger partial charge in [-0.3, -0.25) is 0 Å². The number of hydrogen-bond acceptors (Lipinski definition) is 2. The summed E-state index contributed by atoms with van der Waals surface area (Å²) in [4.78, 5) is 10.7. The van der Waals surface area contributed by atoms with Crippen molar-refractivity contribution in [3.8, 4) is 5.75 Å². The maximum absolute atomic E-state index is 10.7. The third kappa shape index (κ3) is 3.35. The summed E-state index contributed by atoms with van der Waals surface area (Å²) in [6.07, 6.45) is 0. The molecule has 0 spiro atoms. The Morgan fingerprint density at radius 3 is 2.42 bits per heavy atom. The van der Waals surface area contributed by atoms with Crippen LogP contribution in [0.3, 0.4) is 0 Å². The molecule has 0 amide bonds. The number of carbonyl (C=O) groups is 1. The van der Waals surface area contributed by atoms with Crippen molar-refractivity contribution in [1.82, 2.24) is 0 Å². The highest BCUT2D eigenvalue weighted by Gasteiger charge is 2.03. The van der Waals surface area contributed by atoms with Gasteiger partial charge in [-0.15, -0.1) is 0 Å². The van der Waals surface area contributed by atoms with Crippen molar-refractivity contribution >= 4 is 5.97 Å². The highest BCUT2D eigenvalue weighted by atomic mass is 16.5. The number of carboxylic acids is 1. The summed E-state index contributed by atoms with van der Waals surface area (Å²) in [5, 5.41) is 8.81. The van der Waals surface area contributed by atoms with Crippen LogP contribution in [0.15, 0.2) is 42.5 Å². The zero-order valence-corrected chi connectivity index (χ0v) is 11.0. The molecule has 2 aromatic rings. The molecule has 19 heavy (non-hydrogen) atoms. The summed E-state index contributed by atoms with van der Waals surface area (Å²) in [6.45, 7) is 4.58. The molecule has 0 atom stereocenters. The Hall–Kier alpha value is -2.29. The highest BCUT2D eigenvalue weighted by Crippen LogP contribution is 2.16. The van der Waals surface area contributed by atoms with E-state index in [9.17, 15) is 4.79 Å². The molecular formula is C16H16O3. The Bertz CT molecular complexity index is 585. The van der Waals surface area contributed by atoms with Gasteiger partial charge in [0.1, 0.15) is 12.4 Å². The van der Waals surface area contributed by atoms with Crippen LogP contribution in [0.5, 0.6) is 5.75 Å². The van der Waals surface area contributed by atoms with Crippen LogP contribution in [0.2, 0.25) is 0 Å². The fourth-order valence-electron chi connectivity index (χ4n) is 1.81. The summed E-state index contributed by atoms with van der Waals surface area (Å²) < 4.78 is 5.67. The predicted octanol–water partition coefficient (Wildman–Crippen LogP) is 3.58. The fraction of sp³-hybridized carbons (Fsp3) is 0.188. The monoisotopic (exact) mass is 256 g/mol. The van der Waals surface area contributed by atoms with E-state index in [1.54, 1.807) is 24.3 Å². The second kappa shape index (κ2) is 5.57. The number of rotatable bonds is 4. The summed E-state index contributed by atoms with van der Waals surface area (Å²) in [7, 11) is 0.